The Morgan fingerprint density at radius 3 is 2.79 bits per heavy atom. The van der Waals surface area contributed by atoms with Gasteiger partial charge in [0.25, 0.3) is 5.91 Å². The maximum atomic E-state index is 12.1. The van der Waals surface area contributed by atoms with Gasteiger partial charge in [-0.25, -0.2) is 9.97 Å². The van der Waals surface area contributed by atoms with Gasteiger partial charge in [-0.1, -0.05) is 11.6 Å². The number of anilines is 2. The first-order valence-electron chi connectivity index (χ1n) is 7.36. The van der Waals surface area contributed by atoms with Crippen molar-refractivity contribution in [2.45, 2.75) is 0 Å². The van der Waals surface area contributed by atoms with E-state index in [1.807, 2.05) is 19.0 Å². The van der Waals surface area contributed by atoms with Gasteiger partial charge in [-0.05, 0) is 38.4 Å². The van der Waals surface area contributed by atoms with E-state index in [0.29, 0.717) is 34.6 Å². The molecule has 1 aromatic heterocycles. The van der Waals surface area contributed by atoms with Gasteiger partial charge in [0, 0.05) is 25.0 Å². The first-order chi connectivity index (χ1) is 11.5. The van der Waals surface area contributed by atoms with E-state index in [1.54, 1.807) is 31.4 Å². The van der Waals surface area contributed by atoms with Crippen LogP contribution in [0.5, 0.6) is 5.75 Å². The predicted octanol–water partition coefficient (Wildman–Crippen LogP) is 2.17. The van der Waals surface area contributed by atoms with Crippen LogP contribution in [0, 0.1) is 0 Å². The average Bonchev–Trinajstić information content (AvgIpc) is 2.55. The molecule has 0 bridgehead atoms. The second-order valence-corrected chi connectivity index (χ2v) is 5.71. The van der Waals surface area contributed by atoms with Crippen molar-refractivity contribution in [2.24, 2.45) is 0 Å². The molecule has 0 spiro atoms. The standard InChI is InChI=1S/C16H20ClN5O2/c1-22(2)9-8-18-15(23)13-6-7-19-16(21-13)20-11-4-5-14(24-3)12(17)10-11/h4-7,10H,8-9H2,1-3H3,(H,18,23)(H,19,20,21). The van der Waals surface area contributed by atoms with Crippen molar-refractivity contribution in [3.05, 3.63) is 41.2 Å². The molecule has 1 amide bonds. The van der Waals surface area contributed by atoms with Gasteiger partial charge in [0.2, 0.25) is 5.95 Å². The van der Waals surface area contributed by atoms with E-state index in [1.165, 1.54) is 6.20 Å². The van der Waals surface area contributed by atoms with Crippen LogP contribution in [0.4, 0.5) is 11.6 Å². The summed E-state index contributed by atoms with van der Waals surface area (Å²) >= 11 is 6.09. The smallest absolute Gasteiger partial charge is 0.270 e. The van der Waals surface area contributed by atoms with Crippen molar-refractivity contribution in [1.82, 2.24) is 20.2 Å². The van der Waals surface area contributed by atoms with Gasteiger partial charge in [-0.2, -0.15) is 0 Å². The molecule has 2 rings (SSSR count). The van der Waals surface area contributed by atoms with Crippen molar-refractivity contribution in [2.75, 3.05) is 39.6 Å². The number of carbonyl (C=O) groups is 1. The molecule has 1 heterocycles. The van der Waals surface area contributed by atoms with E-state index in [4.69, 9.17) is 16.3 Å². The zero-order chi connectivity index (χ0) is 17.5. The van der Waals surface area contributed by atoms with Crippen LogP contribution in [0.15, 0.2) is 30.5 Å². The number of rotatable bonds is 7. The fraction of sp³-hybridized carbons (Fsp3) is 0.312. The van der Waals surface area contributed by atoms with Gasteiger partial charge in [-0.15, -0.1) is 0 Å². The summed E-state index contributed by atoms with van der Waals surface area (Å²) in [5, 5.41) is 6.30. The first-order valence-corrected chi connectivity index (χ1v) is 7.74. The summed E-state index contributed by atoms with van der Waals surface area (Å²) in [6.45, 7) is 1.30. The highest BCUT2D eigenvalue weighted by Gasteiger charge is 2.09. The minimum Gasteiger partial charge on any atom is -0.495 e. The fourth-order valence-electron chi connectivity index (χ4n) is 1.90. The molecule has 7 nitrogen and oxygen atoms in total. The van der Waals surface area contributed by atoms with Crippen LogP contribution >= 0.6 is 11.6 Å². The minimum atomic E-state index is -0.241. The van der Waals surface area contributed by atoms with Crippen LogP contribution in [-0.4, -0.2) is 55.1 Å². The Bertz CT molecular complexity index is 709. The average molecular weight is 350 g/mol. The number of carbonyl (C=O) groups excluding carboxylic acids is 1. The summed E-state index contributed by atoms with van der Waals surface area (Å²) < 4.78 is 5.11. The maximum absolute atomic E-state index is 12.1. The van der Waals surface area contributed by atoms with Crippen molar-refractivity contribution in [3.63, 3.8) is 0 Å². The lowest BCUT2D eigenvalue weighted by Crippen LogP contribution is -2.31. The zero-order valence-corrected chi connectivity index (χ0v) is 14.6. The third-order valence-electron chi connectivity index (χ3n) is 3.14. The third-order valence-corrected chi connectivity index (χ3v) is 3.44. The zero-order valence-electron chi connectivity index (χ0n) is 13.8. The molecule has 0 aliphatic rings. The van der Waals surface area contributed by atoms with Crippen molar-refractivity contribution in [3.8, 4) is 5.75 Å². The molecule has 0 saturated carbocycles. The molecule has 0 aliphatic carbocycles. The number of nitrogens with one attached hydrogen (secondary N) is 2. The normalized spacial score (nSPS) is 10.5. The summed E-state index contributed by atoms with van der Waals surface area (Å²) in [6.07, 6.45) is 1.53. The summed E-state index contributed by atoms with van der Waals surface area (Å²) in [6, 6.07) is 6.80. The lowest BCUT2D eigenvalue weighted by Gasteiger charge is -2.11. The summed E-state index contributed by atoms with van der Waals surface area (Å²) in [7, 11) is 5.44. The molecule has 0 atom stereocenters. The third kappa shape index (κ3) is 5.07. The number of benzene rings is 1. The summed E-state index contributed by atoms with van der Waals surface area (Å²) in [5.74, 6) is 0.656. The van der Waals surface area contributed by atoms with Crippen molar-refractivity contribution in [1.29, 1.82) is 0 Å². The molecule has 128 valence electrons. The maximum Gasteiger partial charge on any atom is 0.270 e. The van der Waals surface area contributed by atoms with Crippen molar-refractivity contribution < 1.29 is 9.53 Å². The highest BCUT2D eigenvalue weighted by molar-refractivity contribution is 6.32. The van der Waals surface area contributed by atoms with Gasteiger partial charge in [0.15, 0.2) is 0 Å². The van der Waals surface area contributed by atoms with E-state index in [2.05, 4.69) is 20.6 Å². The minimum absolute atomic E-state index is 0.241. The van der Waals surface area contributed by atoms with E-state index >= 15 is 0 Å². The van der Waals surface area contributed by atoms with Crippen LogP contribution in [0.3, 0.4) is 0 Å². The quantitative estimate of drug-likeness (QED) is 0.797. The molecule has 0 saturated heterocycles. The number of amides is 1. The molecule has 8 heteroatoms. The van der Waals surface area contributed by atoms with E-state index in [0.717, 1.165) is 6.54 Å². The fourth-order valence-corrected chi connectivity index (χ4v) is 2.16. The summed E-state index contributed by atoms with van der Waals surface area (Å²) in [5.41, 5.74) is 0.997. The molecule has 0 radical (unpaired) electrons. The van der Waals surface area contributed by atoms with Crippen LogP contribution in [0.2, 0.25) is 5.02 Å². The molecular weight excluding hydrogens is 330 g/mol. The topological polar surface area (TPSA) is 79.4 Å². The number of halogens is 1. The molecule has 0 unspecified atom stereocenters. The molecular formula is C16H20ClN5O2. The van der Waals surface area contributed by atoms with Gasteiger partial charge in [0.1, 0.15) is 11.4 Å². The molecule has 24 heavy (non-hydrogen) atoms. The largest absolute Gasteiger partial charge is 0.495 e. The van der Waals surface area contributed by atoms with Crippen LogP contribution < -0.4 is 15.4 Å². The van der Waals surface area contributed by atoms with Crippen LogP contribution in [0.1, 0.15) is 10.5 Å². The number of nitrogens with zero attached hydrogens (tertiary/aromatic N) is 3. The lowest BCUT2D eigenvalue weighted by molar-refractivity contribution is 0.0946. The van der Waals surface area contributed by atoms with Gasteiger partial charge in [0.05, 0.1) is 12.1 Å². The van der Waals surface area contributed by atoms with E-state index in [-0.39, 0.29) is 5.91 Å². The highest BCUT2D eigenvalue weighted by atomic mass is 35.5. The van der Waals surface area contributed by atoms with E-state index in [9.17, 15) is 4.79 Å². The Morgan fingerprint density at radius 1 is 1.33 bits per heavy atom. The second-order valence-electron chi connectivity index (χ2n) is 5.30. The molecule has 0 fully saturated rings. The number of likely N-dealkylation sites (N-methyl/N-ethyl adjacent to an activating group) is 1. The van der Waals surface area contributed by atoms with Gasteiger partial charge < -0.3 is 20.3 Å². The van der Waals surface area contributed by atoms with Crippen LogP contribution in [-0.2, 0) is 0 Å². The SMILES string of the molecule is COc1ccc(Nc2nccc(C(=O)NCCN(C)C)n2)cc1Cl. The van der Waals surface area contributed by atoms with Crippen molar-refractivity contribution >= 4 is 29.1 Å². The molecule has 2 aromatic rings. The number of aromatic nitrogens is 2. The lowest BCUT2D eigenvalue weighted by atomic mass is 10.3. The number of ether oxygens (including phenoxy) is 1. The molecule has 2 N–H and O–H groups in total. The Morgan fingerprint density at radius 2 is 2.12 bits per heavy atom. The number of methoxy groups -OCH3 is 1. The number of hydrogen-bond acceptors (Lipinski definition) is 6. The Labute approximate surface area is 146 Å². The van der Waals surface area contributed by atoms with Gasteiger partial charge >= 0.3 is 0 Å². The monoisotopic (exact) mass is 349 g/mol. The molecule has 1 aromatic carbocycles. The second kappa shape index (κ2) is 8.47. The first kappa shape index (κ1) is 18.0. The highest BCUT2D eigenvalue weighted by Crippen LogP contribution is 2.28. The van der Waals surface area contributed by atoms with E-state index < -0.39 is 0 Å². The number of hydrogen-bond donors (Lipinski definition) is 2. The van der Waals surface area contributed by atoms with Crippen LogP contribution in [0.25, 0.3) is 0 Å². The summed E-state index contributed by atoms with van der Waals surface area (Å²) in [4.78, 5) is 22.4. The Hall–Kier alpha value is -2.38. The molecule has 0 aliphatic heterocycles. The predicted molar refractivity (Wildman–Crippen MR) is 94.2 cm³/mol. The Balaban J connectivity index is 2.04. The Kier molecular flexibility index (Phi) is 6.34. The van der Waals surface area contributed by atoms with Gasteiger partial charge in [-0.3, -0.25) is 4.79 Å².